The molecule has 1 atom stereocenters. The Morgan fingerprint density at radius 1 is 1.08 bits per heavy atom. The molecule has 0 bridgehead atoms. The predicted octanol–water partition coefficient (Wildman–Crippen LogP) is 1.87. The topological polar surface area (TPSA) is 79.5 Å². The number of hydrogen-bond acceptors (Lipinski definition) is 5. The summed E-state index contributed by atoms with van der Waals surface area (Å²) in [4.78, 5) is 32.7. The van der Waals surface area contributed by atoms with Gasteiger partial charge in [-0.15, -0.1) is 0 Å². The van der Waals surface area contributed by atoms with Crippen molar-refractivity contribution in [2.45, 2.75) is 57.4 Å². The highest BCUT2D eigenvalue weighted by Gasteiger charge is 2.39. The van der Waals surface area contributed by atoms with E-state index in [1.807, 2.05) is 9.80 Å². The van der Waals surface area contributed by atoms with E-state index in [0.29, 0.717) is 24.9 Å². The van der Waals surface area contributed by atoms with Crippen LogP contribution < -0.4 is 0 Å². The van der Waals surface area contributed by atoms with Crippen molar-refractivity contribution in [2.75, 3.05) is 19.6 Å². The van der Waals surface area contributed by atoms with Gasteiger partial charge in [-0.3, -0.25) is 9.59 Å². The third-order valence-electron chi connectivity index (χ3n) is 5.51. The van der Waals surface area contributed by atoms with E-state index < -0.39 is 0 Å². The van der Waals surface area contributed by atoms with E-state index in [2.05, 4.69) is 10.1 Å². The highest BCUT2D eigenvalue weighted by molar-refractivity contribution is 5.80. The molecular weight excluding hydrogens is 308 g/mol. The van der Waals surface area contributed by atoms with E-state index in [1.54, 1.807) is 6.92 Å². The van der Waals surface area contributed by atoms with Crippen LogP contribution in [-0.2, 0) is 9.59 Å². The Morgan fingerprint density at radius 2 is 1.83 bits per heavy atom. The van der Waals surface area contributed by atoms with Gasteiger partial charge in [-0.05, 0) is 38.5 Å². The molecule has 0 spiro atoms. The van der Waals surface area contributed by atoms with E-state index in [1.165, 1.54) is 0 Å². The molecule has 2 saturated heterocycles. The van der Waals surface area contributed by atoms with Gasteiger partial charge >= 0.3 is 0 Å². The zero-order chi connectivity index (χ0) is 16.7. The van der Waals surface area contributed by atoms with Gasteiger partial charge in [0, 0.05) is 38.4 Å². The Bertz CT molecular complexity index is 632. The smallest absolute Gasteiger partial charge is 0.249 e. The minimum absolute atomic E-state index is 0.00650. The first-order valence-electron chi connectivity index (χ1n) is 9.03. The maximum absolute atomic E-state index is 12.9. The van der Waals surface area contributed by atoms with Crippen LogP contribution >= 0.6 is 0 Å². The molecule has 7 heteroatoms. The second kappa shape index (κ2) is 6.18. The second-order valence-electron chi connectivity index (χ2n) is 7.24. The molecule has 2 amide bonds. The molecule has 0 N–H and O–H groups in total. The largest absolute Gasteiger partial charge is 0.343 e. The number of piperidine rings is 1. The summed E-state index contributed by atoms with van der Waals surface area (Å²) < 4.78 is 5.46. The molecule has 7 nitrogen and oxygen atoms in total. The van der Waals surface area contributed by atoms with Gasteiger partial charge in [-0.2, -0.15) is 4.98 Å². The number of amides is 2. The quantitative estimate of drug-likeness (QED) is 0.844. The Balaban J connectivity index is 1.42. The number of hydrogen-bond donors (Lipinski definition) is 0. The number of carbonyl (C=O) groups is 2. The molecule has 130 valence electrons. The molecule has 0 radical (unpaired) electrons. The van der Waals surface area contributed by atoms with Crippen molar-refractivity contribution >= 4 is 11.8 Å². The average Bonchev–Trinajstić information content (AvgIpc) is 3.12. The molecule has 2 aliphatic heterocycles. The zero-order valence-corrected chi connectivity index (χ0v) is 14.1. The zero-order valence-electron chi connectivity index (χ0n) is 14.1. The Morgan fingerprint density at radius 3 is 2.50 bits per heavy atom. The minimum Gasteiger partial charge on any atom is -0.343 e. The fourth-order valence-electron chi connectivity index (χ4n) is 3.85. The van der Waals surface area contributed by atoms with Crippen molar-refractivity contribution in [1.29, 1.82) is 0 Å². The van der Waals surface area contributed by atoms with E-state index in [0.717, 1.165) is 50.9 Å². The van der Waals surface area contributed by atoms with Crippen LogP contribution in [0.3, 0.4) is 0 Å². The Labute approximate surface area is 141 Å². The first-order valence-corrected chi connectivity index (χ1v) is 9.03. The van der Waals surface area contributed by atoms with Gasteiger partial charge in [-0.25, -0.2) is 0 Å². The van der Waals surface area contributed by atoms with Gasteiger partial charge in [0.1, 0.15) is 6.04 Å². The third kappa shape index (κ3) is 2.91. The minimum atomic E-state index is -0.0664. The van der Waals surface area contributed by atoms with E-state index in [-0.39, 0.29) is 23.8 Å². The monoisotopic (exact) mass is 332 g/mol. The maximum atomic E-state index is 12.9. The summed E-state index contributed by atoms with van der Waals surface area (Å²) in [5, 5.41) is 4.09. The van der Waals surface area contributed by atoms with Gasteiger partial charge < -0.3 is 14.3 Å². The highest BCUT2D eigenvalue weighted by atomic mass is 16.5. The lowest BCUT2D eigenvalue weighted by molar-refractivity contribution is -0.141. The van der Waals surface area contributed by atoms with Crippen LogP contribution in [0.1, 0.15) is 69.1 Å². The molecule has 1 saturated carbocycles. The highest BCUT2D eigenvalue weighted by Crippen LogP contribution is 2.40. The van der Waals surface area contributed by atoms with Crippen LogP contribution in [0.15, 0.2) is 4.52 Å². The van der Waals surface area contributed by atoms with Crippen molar-refractivity contribution in [3.05, 3.63) is 11.7 Å². The molecule has 1 aromatic rings. The van der Waals surface area contributed by atoms with Gasteiger partial charge in [0.15, 0.2) is 5.82 Å². The molecule has 0 aromatic carbocycles. The van der Waals surface area contributed by atoms with Crippen LogP contribution in [0.4, 0.5) is 0 Å². The van der Waals surface area contributed by atoms with Crippen LogP contribution in [0.5, 0.6) is 0 Å². The predicted molar refractivity (Wildman–Crippen MR) is 84.9 cm³/mol. The summed E-state index contributed by atoms with van der Waals surface area (Å²) in [7, 11) is 0. The van der Waals surface area contributed by atoms with Crippen molar-refractivity contribution in [2.24, 2.45) is 5.92 Å². The van der Waals surface area contributed by atoms with Gasteiger partial charge in [0.25, 0.3) is 0 Å². The number of nitrogens with zero attached hydrogens (tertiary/aromatic N) is 4. The number of rotatable bonds is 3. The molecule has 1 unspecified atom stereocenters. The van der Waals surface area contributed by atoms with E-state index in [4.69, 9.17) is 4.52 Å². The lowest BCUT2D eigenvalue weighted by Gasteiger charge is -2.33. The van der Waals surface area contributed by atoms with Crippen LogP contribution in [0.2, 0.25) is 0 Å². The van der Waals surface area contributed by atoms with Crippen molar-refractivity contribution in [3.8, 4) is 0 Å². The summed E-state index contributed by atoms with van der Waals surface area (Å²) in [5.41, 5.74) is 0. The maximum Gasteiger partial charge on any atom is 0.249 e. The second-order valence-corrected chi connectivity index (χ2v) is 7.24. The standard InChI is InChI=1S/C17H24N4O3/c1-11(22)20-9-6-13(7-10-20)17(23)21-8-2-3-14(21)16-18-15(19-24-16)12-4-5-12/h12-14H,2-10H2,1H3. The van der Waals surface area contributed by atoms with Crippen molar-refractivity contribution in [3.63, 3.8) is 0 Å². The normalized spacial score (nSPS) is 25.3. The summed E-state index contributed by atoms with van der Waals surface area (Å²) in [5.74, 6) is 2.16. The van der Waals surface area contributed by atoms with E-state index in [9.17, 15) is 9.59 Å². The van der Waals surface area contributed by atoms with Crippen LogP contribution in [0.25, 0.3) is 0 Å². The summed E-state index contributed by atoms with van der Waals surface area (Å²) in [6.07, 6.45) is 5.65. The number of carbonyl (C=O) groups excluding carboxylic acids is 2. The van der Waals surface area contributed by atoms with Gasteiger partial charge in [0.05, 0.1) is 0 Å². The number of aromatic nitrogens is 2. The summed E-state index contributed by atoms with van der Waals surface area (Å²) in [6, 6.07) is -0.0664. The first kappa shape index (κ1) is 15.6. The summed E-state index contributed by atoms with van der Waals surface area (Å²) >= 11 is 0. The molecule has 3 fully saturated rings. The van der Waals surface area contributed by atoms with Crippen LogP contribution in [-0.4, -0.2) is 51.4 Å². The van der Waals surface area contributed by atoms with Crippen LogP contribution in [0, 0.1) is 5.92 Å². The molecular formula is C17H24N4O3. The molecule has 1 aromatic heterocycles. The molecule has 1 aliphatic carbocycles. The third-order valence-corrected chi connectivity index (χ3v) is 5.51. The number of likely N-dealkylation sites (tertiary alicyclic amines) is 2. The molecule has 3 heterocycles. The Hall–Kier alpha value is -1.92. The average molecular weight is 332 g/mol. The lowest BCUT2D eigenvalue weighted by atomic mass is 9.95. The molecule has 3 aliphatic rings. The fourth-order valence-corrected chi connectivity index (χ4v) is 3.85. The SMILES string of the molecule is CC(=O)N1CCC(C(=O)N2CCCC2c2nc(C3CC3)no2)CC1. The lowest BCUT2D eigenvalue weighted by Crippen LogP contribution is -2.43. The Kier molecular flexibility index (Phi) is 4.02. The van der Waals surface area contributed by atoms with Gasteiger partial charge in [0.2, 0.25) is 17.7 Å². The van der Waals surface area contributed by atoms with E-state index >= 15 is 0 Å². The van der Waals surface area contributed by atoms with Crippen molar-refractivity contribution < 1.29 is 14.1 Å². The fraction of sp³-hybridized carbons (Fsp3) is 0.765. The van der Waals surface area contributed by atoms with Crippen molar-refractivity contribution in [1.82, 2.24) is 19.9 Å². The molecule has 4 rings (SSSR count). The van der Waals surface area contributed by atoms with Gasteiger partial charge in [-0.1, -0.05) is 5.16 Å². The first-order chi connectivity index (χ1) is 11.6. The summed E-state index contributed by atoms with van der Waals surface area (Å²) in [6.45, 7) is 3.70. The molecule has 24 heavy (non-hydrogen) atoms.